The third-order valence-corrected chi connectivity index (χ3v) is 6.51. The van der Waals surface area contributed by atoms with Crippen molar-refractivity contribution in [3.8, 4) is 17.2 Å². The van der Waals surface area contributed by atoms with Crippen molar-refractivity contribution in [3.05, 3.63) is 70.9 Å². The summed E-state index contributed by atoms with van der Waals surface area (Å²) in [5.41, 5.74) is 3.57. The number of ether oxygens (including phenoxy) is 2. The smallest absolute Gasteiger partial charge is 0.283 e. The third kappa shape index (κ3) is 3.52. The highest BCUT2D eigenvalue weighted by Crippen LogP contribution is 2.34. The first-order valence-corrected chi connectivity index (χ1v) is 11.2. The van der Waals surface area contributed by atoms with E-state index in [-0.39, 0.29) is 11.4 Å². The number of amides is 1. The maximum Gasteiger partial charge on any atom is 0.283 e. The van der Waals surface area contributed by atoms with E-state index in [1.165, 1.54) is 16.8 Å². The number of carbonyl (C=O) groups excluding carboxylic acids is 1. The maximum atomic E-state index is 12.8. The average Bonchev–Trinajstić information content (AvgIpc) is 3.56. The Kier molecular flexibility index (Phi) is 5.37. The summed E-state index contributed by atoms with van der Waals surface area (Å²) in [5, 5.41) is 15.3. The molecule has 9 nitrogen and oxygen atoms in total. The molecule has 1 N–H and O–H groups in total. The van der Waals surface area contributed by atoms with E-state index in [4.69, 9.17) is 19.3 Å². The zero-order valence-electron chi connectivity index (χ0n) is 18.9. The molecule has 0 spiro atoms. The molecule has 1 aromatic carbocycles. The zero-order chi connectivity index (χ0) is 24.0. The molecule has 5 rings (SSSR count). The number of methoxy groups -OCH3 is 2. The normalized spacial score (nSPS) is 16.6. The molecule has 0 fully saturated rings. The van der Waals surface area contributed by atoms with Crippen LogP contribution in [0.5, 0.6) is 11.5 Å². The number of amidine groups is 2. The van der Waals surface area contributed by atoms with Crippen LogP contribution in [0.25, 0.3) is 11.8 Å². The van der Waals surface area contributed by atoms with Crippen molar-refractivity contribution < 1.29 is 18.7 Å². The summed E-state index contributed by atoms with van der Waals surface area (Å²) in [6, 6.07) is 11.1. The van der Waals surface area contributed by atoms with Gasteiger partial charge in [0.25, 0.3) is 5.91 Å². The van der Waals surface area contributed by atoms with Crippen molar-refractivity contribution in [1.29, 1.82) is 5.41 Å². The van der Waals surface area contributed by atoms with Gasteiger partial charge in [-0.1, -0.05) is 0 Å². The van der Waals surface area contributed by atoms with Crippen LogP contribution in [0.3, 0.4) is 0 Å². The van der Waals surface area contributed by atoms with Crippen LogP contribution in [0.15, 0.2) is 62.7 Å². The predicted octanol–water partition coefficient (Wildman–Crippen LogP) is 4.37. The molecule has 3 aromatic rings. The van der Waals surface area contributed by atoms with E-state index in [0.717, 1.165) is 22.6 Å². The predicted molar refractivity (Wildman–Crippen MR) is 131 cm³/mol. The molecule has 0 unspecified atom stereocenters. The lowest BCUT2D eigenvalue weighted by atomic mass is 10.1. The van der Waals surface area contributed by atoms with E-state index in [1.807, 2.05) is 42.7 Å². The highest BCUT2D eigenvalue weighted by molar-refractivity contribution is 8.27. The van der Waals surface area contributed by atoms with Gasteiger partial charge >= 0.3 is 0 Å². The molecule has 0 atom stereocenters. The van der Waals surface area contributed by atoms with Gasteiger partial charge < -0.3 is 18.5 Å². The number of hydrogen-bond acceptors (Lipinski definition) is 7. The first-order chi connectivity index (χ1) is 16.4. The van der Waals surface area contributed by atoms with Gasteiger partial charge in [0.05, 0.1) is 31.7 Å². The van der Waals surface area contributed by atoms with E-state index >= 15 is 0 Å². The fourth-order valence-corrected chi connectivity index (χ4v) is 4.78. The van der Waals surface area contributed by atoms with Gasteiger partial charge in [-0.15, -0.1) is 0 Å². The van der Waals surface area contributed by atoms with Crippen LogP contribution in [-0.4, -0.2) is 45.7 Å². The lowest BCUT2D eigenvalue weighted by molar-refractivity contribution is -0.114. The molecule has 0 radical (unpaired) electrons. The number of aliphatic imine (C=N–C) groups is 1. The lowest BCUT2D eigenvalue weighted by Gasteiger charge is -2.20. The second-order valence-electron chi connectivity index (χ2n) is 7.60. The Morgan fingerprint density at radius 3 is 2.68 bits per heavy atom. The van der Waals surface area contributed by atoms with E-state index in [9.17, 15) is 4.79 Å². The number of aryl methyl sites for hydroxylation is 1. The van der Waals surface area contributed by atoms with Gasteiger partial charge in [0.1, 0.15) is 11.5 Å². The number of nitrogens with one attached hydrogen (secondary N) is 1. The topological polar surface area (TPSA) is 105 Å². The standard InChI is InChI=1S/C24H21N5O4S/c1-13-10-15(14(2)28(13)18-12-16(31-3)7-8-19(18)32-4)11-17-21(25)29-24(26-22(17)30)34-23(27-29)20-6-5-9-33-20/h5-12,25H,1-4H3. The number of rotatable bonds is 5. The highest BCUT2D eigenvalue weighted by atomic mass is 32.2. The number of thioether (sulfide) groups is 1. The maximum absolute atomic E-state index is 12.8. The van der Waals surface area contributed by atoms with Crippen LogP contribution in [0, 0.1) is 19.3 Å². The van der Waals surface area contributed by atoms with Crippen LogP contribution in [-0.2, 0) is 4.79 Å². The minimum Gasteiger partial charge on any atom is -0.497 e. The molecule has 2 aliphatic rings. The fourth-order valence-electron chi connectivity index (χ4n) is 3.92. The summed E-state index contributed by atoms with van der Waals surface area (Å²) in [5.74, 6) is 1.43. The monoisotopic (exact) mass is 475 g/mol. The van der Waals surface area contributed by atoms with Crippen molar-refractivity contribution in [2.75, 3.05) is 14.2 Å². The fraction of sp³-hybridized carbons (Fsp3) is 0.167. The summed E-state index contributed by atoms with van der Waals surface area (Å²) in [7, 11) is 3.23. The number of furan rings is 1. The summed E-state index contributed by atoms with van der Waals surface area (Å²) < 4.78 is 18.4. The molecule has 172 valence electrons. The Balaban J connectivity index is 1.55. The quantitative estimate of drug-likeness (QED) is 0.550. The van der Waals surface area contributed by atoms with Crippen LogP contribution in [0.4, 0.5) is 0 Å². The van der Waals surface area contributed by atoms with E-state index in [0.29, 0.717) is 27.5 Å². The number of fused-ring (bicyclic) bond motifs is 1. The molecular weight excluding hydrogens is 454 g/mol. The van der Waals surface area contributed by atoms with Gasteiger partial charge in [-0.3, -0.25) is 10.2 Å². The van der Waals surface area contributed by atoms with Gasteiger partial charge in [-0.2, -0.15) is 15.1 Å². The number of benzene rings is 1. The van der Waals surface area contributed by atoms with Crippen molar-refractivity contribution in [2.24, 2.45) is 10.1 Å². The number of hydrogen-bond donors (Lipinski definition) is 1. The second-order valence-corrected chi connectivity index (χ2v) is 8.56. The lowest BCUT2D eigenvalue weighted by Crippen LogP contribution is -2.35. The Labute approximate surface area is 199 Å². The molecule has 1 amide bonds. The second kappa shape index (κ2) is 8.38. The molecular formula is C24H21N5O4S. The first kappa shape index (κ1) is 21.8. The summed E-state index contributed by atoms with van der Waals surface area (Å²) in [4.78, 5) is 17.0. The van der Waals surface area contributed by atoms with E-state index in [1.54, 1.807) is 38.7 Å². The van der Waals surface area contributed by atoms with Gasteiger partial charge in [-0.25, -0.2) is 0 Å². The van der Waals surface area contributed by atoms with Gasteiger partial charge in [0.15, 0.2) is 16.6 Å². The largest absolute Gasteiger partial charge is 0.497 e. The van der Waals surface area contributed by atoms with Gasteiger partial charge in [-0.05, 0) is 67.6 Å². The molecule has 0 saturated heterocycles. The molecule has 0 aliphatic carbocycles. The van der Waals surface area contributed by atoms with Crippen LogP contribution in [0.1, 0.15) is 22.7 Å². The Morgan fingerprint density at radius 2 is 1.97 bits per heavy atom. The van der Waals surface area contributed by atoms with Crippen LogP contribution < -0.4 is 9.47 Å². The first-order valence-electron chi connectivity index (χ1n) is 10.4. The number of nitrogens with zero attached hydrogens (tertiary/aromatic N) is 4. The van der Waals surface area contributed by atoms with E-state index in [2.05, 4.69) is 10.1 Å². The number of carbonyl (C=O) groups is 1. The third-order valence-electron chi connectivity index (χ3n) is 5.58. The SMILES string of the molecule is COc1ccc(OC)c(-n2c(C)cc(C=C3C(=N)N4N=C(c5ccco5)SC4=NC3=O)c2C)c1. The van der Waals surface area contributed by atoms with E-state index < -0.39 is 5.91 Å². The Hall–Kier alpha value is -4.05. The zero-order valence-corrected chi connectivity index (χ0v) is 19.8. The van der Waals surface area contributed by atoms with Crippen molar-refractivity contribution in [3.63, 3.8) is 0 Å². The number of aromatic nitrogens is 1. The van der Waals surface area contributed by atoms with Crippen molar-refractivity contribution in [2.45, 2.75) is 13.8 Å². The number of hydrazone groups is 1. The van der Waals surface area contributed by atoms with Crippen molar-refractivity contribution >= 4 is 39.8 Å². The molecule has 2 aliphatic heterocycles. The highest BCUT2D eigenvalue weighted by Gasteiger charge is 2.37. The van der Waals surface area contributed by atoms with Gasteiger partial charge in [0, 0.05) is 17.5 Å². The minimum atomic E-state index is -0.483. The Morgan fingerprint density at radius 1 is 1.15 bits per heavy atom. The Bertz CT molecular complexity index is 1420. The van der Waals surface area contributed by atoms with Crippen LogP contribution in [0.2, 0.25) is 0 Å². The molecule has 0 saturated carbocycles. The molecule has 34 heavy (non-hydrogen) atoms. The van der Waals surface area contributed by atoms with Gasteiger partial charge in [0.2, 0.25) is 5.17 Å². The summed E-state index contributed by atoms with van der Waals surface area (Å²) in [6.45, 7) is 3.91. The molecule has 2 aromatic heterocycles. The van der Waals surface area contributed by atoms with Crippen LogP contribution >= 0.6 is 11.8 Å². The molecule has 10 heteroatoms. The molecule has 0 bridgehead atoms. The average molecular weight is 476 g/mol. The minimum absolute atomic E-state index is 0.0344. The summed E-state index contributed by atoms with van der Waals surface area (Å²) in [6.07, 6.45) is 3.23. The summed E-state index contributed by atoms with van der Waals surface area (Å²) >= 11 is 1.20. The molecule has 4 heterocycles. The van der Waals surface area contributed by atoms with Crippen molar-refractivity contribution in [1.82, 2.24) is 9.58 Å².